The van der Waals surface area contributed by atoms with Crippen molar-refractivity contribution in [3.05, 3.63) is 39.3 Å². The quantitative estimate of drug-likeness (QED) is 0.203. The van der Waals surface area contributed by atoms with E-state index in [9.17, 15) is 24.0 Å². The number of nitrogens with zero attached hydrogens (tertiary/aromatic N) is 1. The number of aromatic hydroxyl groups is 1. The second kappa shape index (κ2) is 8.00. The Bertz CT molecular complexity index is 1120. The molecule has 8 N–H and O–H groups in total. The highest BCUT2D eigenvalue weighted by Crippen LogP contribution is 2.13. The topological polar surface area (TPSA) is 229 Å². The number of carbonyl (C=O) groups is 4. The lowest BCUT2D eigenvalue weighted by atomic mass is 10.1. The predicted molar refractivity (Wildman–Crippen MR) is 99.9 cm³/mol. The first-order valence-corrected chi connectivity index (χ1v) is 8.88. The van der Waals surface area contributed by atoms with Gasteiger partial charge in [-0.1, -0.05) is 0 Å². The van der Waals surface area contributed by atoms with Gasteiger partial charge in [-0.25, -0.2) is 9.78 Å². The molecule has 3 rings (SSSR count). The SMILES string of the molecule is N=C(C(=O)NC1C(=O)NC1OC(=O)NC(=O)c1cc(=O)c(O)c[nH]1)c1csc(N)n1. The van der Waals surface area contributed by atoms with Crippen LogP contribution >= 0.6 is 11.3 Å². The minimum absolute atomic E-state index is 0.0124. The van der Waals surface area contributed by atoms with Gasteiger partial charge in [0.25, 0.3) is 17.7 Å². The molecule has 0 aromatic carbocycles. The number of H-pyrrole nitrogens is 1. The zero-order valence-electron chi connectivity index (χ0n) is 14.7. The van der Waals surface area contributed by atoms with Crippen molar-refractivity contribution in [2.45, 2.75) is 12.3 Å². The van der Waals surface area contributed by atoms with Crippen molar-refractivity contribution in [2.75, 3.05) is 5.73 Å². The summed E-state index contributed by atoms with van der Waals surface area (Å²) < 4.78 is 4.84. The smallest absolute Gasteiger partial charge is 0.416 e. The van der Waals surface area contributed by atoms with Gasteiger partial charge in [0.2, 0.25) is 11.7 Å². The lowest BCUT2D eigenvalue weighted by molar-refractivity contribution is -0.144. The number of nitrogens with two attached hydrogens (primary N) is 1. The van der Waals surface area contributed by atoms with E-state index in [4.69, 9.17) is 21.0 Å². The van der Waals surface area contributed by atoms with Crippen molar-refractivity contribution in [1.82, 2.24) is 25.9 Å². The van der Waals surface area contributed by atoms with E-state index in [1.807, 2.05) is 0 Å². The lowest BCUT2D eigenvalue weighted by Crippen LogP contribution is -2.71. The van der Waals surface area contributed by atoms with Crippen LogP contribution in [0.25, 0.3) is 0 Å². The molecular weight excluding hydrogens is 422 g/mol. The van der Waals surface area contributed by atoms with Gasteiger partial charge >= 0.3 is 6.09 Å². The number of hydrogen-bond donors (Lipinski definition) is 7. The number of alkyl carbamates (subject to hydrolysis) is 1. The summed E-state index contributed by atoms with van der Waals surface area (Å²) in [7, 11) is 0. The number of nitrogen functional groups attached to an aromatic ring is 1. The Hall–Kier alpha value is -4.27. The van der Waals surface area contributed by atoms with Gasteiger partial charge in [-0.15, -0.1) is 11.3 Å². The van der Waals surface area contributed by atoms with Crippen LogP contribution in [0.1, 0.15) is 16.2 Å². The standard InChI is InChI=1S/C15H13N7O7S/c16-8(5-3-30-14(17)19-5)11(26)20-9-12(27)21-13(9)29-15(28)22-10(25)4-1-6(23)7(24)2-18-4/h1-3,9,13,16,24H,(H2,17,19)(H,18,23)(H,20,26)(H,21,27)(H,22,25,28). The van der Waals surface area contributed by atoms with Crippen LogP contribution in [0.5, 0.6) is 5.75 Å². The number of amides is 4. The van der Waals surface area contributed by atoms with Gasteiger partial charge in [-0.2, -0.15) is 0 Å². The number of anilines is 1. The van der Waals surface area contributed by atoms with E-state index in [0.717, 1.165) is 23.6 Å². The predicted octanol–water partition coefficient (Wildman–Crippen LogP) is -2.01. The molecule has 0 saturated carbocycles. The fraction of sp³-hybridized carbons (Fsp3) is 0.133. The van der Waals surface area contributed by atoms with Crippen molar-refractivity contribution in [2.24, 2.45) is 0 Å². The summed E-state index contributed by atoms with van der Waals surface area (Å²) in [6.07, 6.45) is -1.72. The number of thiazole rings is 1. The van der Waals surface area contributed by atoms with Crippen LogP contribution in [-0.2, 0) is 14.3 Å². The Morgan fingerprint density at radius 2 is 2.07 bits per heavy atom. The van der Waals surface area contributed by atoms with Gasteiger partial charge < -0.3 is 31.2 Å². The van der Waals surface area contributed by atoms with Crippen LogP contribution < -0.4 is 27.1 Å². The molecule has 0 bridgehead atoms. The van der Waals surface area contributed by atoms with Gasteiger partial charge in [0.05, 0.1) is 0 Å². The summed E-state index contributed by atoms with van der Waals surface area (Å²) in [5.74, 6) is -3.28. The summed E-state index contributed by atoms with van der Waals surface area (Å²) >= 11 is 1.02. The van der Waals surface area contributed by atoms with Crippen LogP contribution in [0.15, 0.2) is 22.4 Å². The first-order chi connectivity index (χ1) is 14.2. The van der Waals surface area contributed by atoms with Crippen molar-refractivity contribution < 1.29 is 29.0 Å². The lowest BCUT2D eigenvalue weighted by Gasteiger charge is -2.35. The van der Waals surface area contributed by atoms with Gasteiger partial charge in [0, 0.05) is 17.6 Å². The van der Waals surface area contributed by atoms with Gasteiger partial charge in [0.15, 0.2) is 16.9 Å². The summed E-state index contributed by atoms with van der Waals surface area (Å²) in [5, 5.41) is 24.7. The molecule has 3 heterocycles. The molecule has 14 nitrogen and oxygen atoms in total. The van der Waals surface area contributed by atoms with Crippen LogP contribution in [0, 0.1) is 5.41 Å². The van der Waals surface area contributed by atoms with Crippen LogP contribution in [0.3, 0.4) is 0 Å². The van der Waals surface area contributed by atoms with Gasteiger partial charge in [0.1, 0.15) is 17.1 Å². The summed E-state index contributed by atoms with van der Waals surface area (Å²) in [4.78, 5) is 64.9. The zero-order chi connectivity index (χ0) is 22.0. The van der Waals surface area contributed by atoms with Gasteiger partial charge in [-0.3, -0.25) is 29.9 Å². The zero-order valence-corrected chi connectivity index (χ0v) is 15.5. The first-order valence-electron chi connectivity index (χ1n) is 8.00. The molecule has 2 atom stereocenters. The normalized spacial score (nSPS) is 17.3. The fourth-order valence-corrected chi connectivity index (χ4v) is 2.78. The molecule has 1 aliphatic heterocycles. The van der Waals surface area contributed by atoms with Crippen LogP contribution in [0.4, 0.5) is 9.93 Å². The fourth-order valence-electron chi connectivity index (χ4n) is 2.23. The average molecular weight is 435 g/mol. The number of hydrogen-bond acceptors (Lipinski definition) is 11. The van der Waals surface area contributed by atoms with Crippen LogP contribution in [0.2, 0.25) is 0 Å². The third-order valence-corrected chi connectivity index (χ3v) is 4.42. The molecule has 15 heteroatoms. The largest absolute Gasteiger partial charge is 0.503 e. The first kappa shape index (κ1) is 20.5. The molecule has 2 aromatic heterocycles. The van der Waals surface area contributed by atoms with E-state index in [2.05, 4.69) is 20.6 Å². The Labute approximate surface area is 170 Å². The molecule has 2 unspecified atom stereocenters. The maximum atomic E-state index is 12.1. The monoisotopic (exact) mass is 435 g/mol. The molecule has 1 fully saturated rings. The van der Waals surface area contributed by atoms with Crippen molar-refractivity contribution in [1.29, 1.82) is 5.41 Å². The molecule has 0 radical (unpaired) electrons. The molecule has 4 amide bonds. The van der Waals surface area contributed by atoms with Crippen molar-refractivity contribution >= 4 is 46.0 Å². The minimum Gasteiger partial charge on any atom is -0.503 e. The highest BCUT2D eigenvalue weighted by molar-refractivity contribution is 7.13. The second-order valence-corrected chi connectivity index (χ2v) is 6.67. The Balaban J connectivity index is 1.56. The molecule has 1 saturated heterocycles. The minimum atomic E-state index is -1.30. The molecular formula is C15H13N7O7S. The Morgan fingerprint density at radius 1 is 1.33 bits per heavy atom. The Kier molecular flexibility index (Phi) is 5.45. The van der Waals surface area contributed by atoms with E-state index in [0.29, 0.717) is 0 Å². The third kappa shape index (κ3) is 4.25. The molecule has 1 aliphatic rings. The number of aromatic nitrogens is 2. The number of ether oxygens (including phenoxy) is 1. The second-order valence-electron chi connectivity index (χ2n) is 5.78. The Morgan fingerprint density at radius 3 is 2.67 bits per heavy atom. The van der Waals surface area contributed by atoms with E-state index in [-0.39, 0.29) is 16.5 Å². The maximum absolute atomic E-state index is 12.1. The molecule has 0 aliphatic carbocycles. The van der Waals surface area contributed by atoms with E-state index in [1.165, 1.54) is 5.38 Å². The molecule has 2 aromatic rings. The van der Waals surface area contributed by atoms with Crippen LogP contribution in [-0.4, -0.2) is 56.9 Å². The van der Waals surface area contributed by atoms with E-state index < -0.39 is 53.0 Å². The average Bonchev–Trinajstić information content (AvgIpc) is 3.13. The van der Waals surface area contributed by atoms with E-state index in [1.54, 1.807) is 5.32 Å². The summed E-state index contributed by atoms with van der Waals surface area (Å²) in [6, 6.07) is -0.536. The number of pyridine rings is 1. The molecule has 30 heavy (non-hydrogen) atoms. The number of rotatable bonds is 5. The molecule has 156 valence electrons. The van der Waals surface area contributed by atoms with Gasteiger partial charge in [-0.05, 0) is 0 Å². The summed E-state index contributed by atoms with van der Waals surface area (Å²) in [6.45, 7) is 0. The van der Waals surface area contributed by atoms with E-state index >= 15 is 0 Å². The number of imide groups is 1. The number of aromatic amines is 1. The maximum Gasteiger partial charge on any atom is 0.416 e. The highest BCUT2D eigenvalue weighted by Gasteiger charge is 2.44. The molecule has 0 spiro atoms. The van der Waals surface area contributed by atoms with Crippen molar-refractivity contribution in [3.63, 3.8) is 0 Å². The number of carbonyl (C=O) groups excluding carboxylic acids is 4. The summed E-state index contributed by atoms with van der Waals surface area (Å²) in [5.41, 5.74) is 3.74. The van der Waals surface area contributed by atoms with Crippen molar-refractivity contribution in [3.8, 4) is 5.75 Å². The third-order valence-electron chi connectivity index (χ3n) is 3.75. The number of β-lactam (4-membered cyclic amide) rings is 1. The highest BCUT2D eigenvalue weighted by atomic mass is 32.1. The number of nitrogens with one attached hydrogen (secondary N) is 5.